The Hall–Kier alpha value is -2.28. The van der Waals surface area contributed by atoms with Crippen molar-refractivity contribution in [2.75, 3.05) is 0 Å². The molecule has 0 spiro atoms. The normalized spacial score (nSPS) is 12.2. The minimum Gasteiger partial charge on any atom is -0.324 e. The van der Waals surface area contributed by atoms with Gasteiger partial charge in [-0.1, -0.05) is 152 Å². The van der Waals surface area contributed by atoms with Crippen molar-refractivity contribution in [3.63, 3.8) is 0 Å². The first-order valence-corrected chi connectivity index (χ1v) is 18.8. The summed E-state index contributed by atoms with van der Waals surface area (Å²) in [5.41, 5.74) is 2.16. The van der Waals surface area contributed by atoms with Crippen molar-refractivity contribution in [1.29, 1.82) is 0 Å². The number of fused-ring (bicyclic) bond motifs is 20. The van der Waals surface area contributed by atoms with Crippen molar-refractivity contribution in [2.45, 2.75) is 0 Å². The van der Waals surface area contributed by atoms with Gasteiger partial charge in [0.15, 0.2) is 34.6 Å². The second kappa shape index (κ2) is 12.6. The monoisotopic (exact) mass is 922 g/mol. The lowest BCUT2D eigenvalue weighted by Crippen LogP contribution is -1.90. The van der Waals surface area contributed by atoms with Crippen molar-refractivity contribution >= 4 is 184 Å². The molecule has 0 saturated carbocycles. The lowest BCUT2D eigenvalue weighted by molar-refractivity contribution is 1.17. The lowest BCUT2D eigenvalue weighted by Gasteiger charge is -2.09. The third-order valence-electron chi connectivity index (χ3n) is 8.38. The van der Waals surface area contributed by atoms with Gasteiger partial charge in [-0.05, 0) is 6.07 Å². The number of nitrogens with one attached hydrogen (secondary N) is 1. The Morgan fingerprint density at radius 2 is 0.885 bits per heavy atom. The molecule has 1 N–H and O–H groups in total. The summed E-state index contributed by atoms with van der Waals surface area (Å²) in [5.74, 6) is 0.475. The predicted octanol–water partition coefficient (Wildman–Crippen LogP) is 14.5. The number of H-pyrrole nitrogens is 1. The van der Waals surface area contributed by atoms with Crippen LogP contribution in [0.25, 0.3) is 89.7 Å². The summed E-state index contributed by atoms with van der Waals surface area (Å²) < 4.78 is 1.17. The van der Waals surface area contributed by atoms with Crippen LogP contribution in [0.4, 0.5) is 0 Å². The Bertz CT molecular complexity index is 3010. The molecule has 3 aromatic heterocycles. The van der Waals surface area contributed by atoms with Gasteiger partial charge in [-0.2, -0.15) is 0 Å². The highest BCUT2D eigenvalue weighted by Gasteiger charge is 2.32. The minimum atomic E-state index is -0.0517. The quantitative estimate of drug-likeness (QED) is 0.120. The maximum atomic E-state index is 7.06. The Labute approximate surface area is 350 Å². The van der Waals surface area contributed by atoms with Crippen molar-refractivity contribution in [2.24, 2.45) is 0 Å². The number of benzene rings is 4. The van der Waals surface area contributed by atoms with E-state index in [0.717, 1.165) is 0 Å². The van der Waals surface area contributed by atoms with Crippen LogP contribution in [0.5, 0.6) is 0 Å². The van der Waals surface area contributed by atoms with E-state index in [0.29, 0.717) is 27.3 Å². The van der Waals surface area contributed by atoms with Gasteiger partial charge in [-0.15, -0.1) is 0 Å². The molecule has 7 aromatic rings. The molecule has 258 valence electrons. The molecule has 0 amide bonds. The fourth-order valence-corrected chi connectivity index (χ4v) is 9.08. The molecule has 8 bridgehead atoms. The molecule has 2 aliphatic rings. The molecule has 20 heteroatoms. The number of rotatable bonds is 0. The molecule has 2 aliphatic heterocycles. The molecule has 4 aromatic carbocycles. The first-order valence-electron chi connectivity index (χ1n) is 14.3. The molecule has 0 unspecified atom stereocenters. The zero-order valence-electron chi connectivity index (χ0n) is 24.6. The van der Waals surface area contributed by atoms with E-state index in [1.165, 1.54) is 4.09 Å². The van der Waals surface area contributed by atoms with E-state index >= 15 is 0 Å². The molecule has 52 heavy (non-hydrogen) atoms. The maximum absolute atomic E-state index is 7.06. The van der Waals surface area contributed by atoms with Gasteiger partial charge < -0.3 is 4.98 Å². The summed E-state index contributed by atoms with van der Waals surface area (Å²) in [6, 6.07) is 8.89. The Morgan fingerprint density at radius 3 is 1.46 bits per heavy atom. The van der Waals surface area contributed by atoms with Gasteiger partial charge in [0.05, 0.1) is 82.5 Å². The van der Waals surface area contributed by atoms with E-state index in [1.807, 2.05) is 24.3 Å². The van der Waals surface area contributed by atoms with Crippen LogP contribution in [0.2, 0.25) is 55.2 Å². The van der Waals surface area contributed by atoms with Gasteiger partial charge in [0.2, 0.25) is 0 Å². The van der Waals surface area contributed by atoms with Crippen LogP contribution >= 0.6 is 139 Å². The van der Waals surface area contributed by atoms with Crippen LogP contribution in [0.1, 0.15) is 0 Å². The number of hydrogen-bond donors (Lipinski definition) is 1. The second-order valence-electron chi connectivity index (χ2n) is 11.2. The van der Waals surface area contributed by atoms with E-state index in [1.54, 1.807) is 6.07 Å². The third-order valence-corrected chi connectivity index (χ3v) is 13.6. The number of aromatic nitrogens is 8. The van der Waals surface area contributed by atoms with Crippen LogP contribution in [0, 0.1) is 0 Å². The Balaban J connectivity index is 1.60. The molecular formula is C32H6Cl12N8. The summed E-state index contributed by atoms with van der Waals surface area (Å²) in [4.78, 5) is 32.2. The van der Waals surface area contributed by atoms with Crippen molar-refractivity contribution < 1.29 is 0 Å². The van der Waals surface area contributed by atoms with Crippen LogP contribution < -0.4 is 0 Å². The molecule has 8 nitrogen and oxygen atoms in total. The van der Waals surface area contributed by atoms with Crippen LogP contribution in [0.15, 0.2) is 30.3 Å². The summed E-state index contributed by atoms with van der Waals surface area (Å²) in [6.07, 6.45) is 0. The number of nitrogens with zero attached hydrogens (tertiary/aromatic N) is 7. The smallest absolute Gasteiger partial charge is 0.166 e. The highest BCUT2D eigenvalue weighted by Crippen LogP contribution is 2.52. The highest BCUT2D eigenvalue weighted by atomic mass is 35.5. The van der Waals surface area contributed by atoms with Gasteiger partial charge >= 0.3 is 0 Å². The van der Waals surface area contributed by atoms with Gasteiger partial charge in [0, 0.05) is 28.3 Å². The first kappa shape index (κ1) is 35.4. The lowest BCUT2D eigenvalue weighted by atomic mass is 10.1. The topological polar surface area (TPSA) is 98.1 Å². The predicted molar refractivity (Wildman–Crippen MR) is 216 cm³/mol. The summed E-state index contributed by atoms with van der Waals surface area (Å²) in [7, 11) is 0. The summed E-state index contributed by atoms with van der Waals surface area (Å²) >= 11 is 80.5. The molecule has 0 radical (unpaired) electrons. The fraction of sp³-hybridized carbons (Fsp3) is 0. The average Bonchev–Trinajstić information content (AvgIpc) is 3.84. The van der Waals surface area contributed by atoms with Gasteiger partial charge in [0.25, 0.3) is 0 Å². The zero-order valence-corrected chi connectivity index (χ0v) is 33.6. The van der Waals surface area contributed by atoms with Crippen LogP contribution in [-0.4, -0.2) is 39.0 Å². The molecule has 0 fully saturated rings. The van der Waals surface area contributed by atoms with Crippen molar-refractivity contribution in [3.05, 3.63) is 85.6 Å². The van der Waals surface area contributed by atoms with E-state index < -0.39 is 0 Å². The minimum absolute atomic E-state index is 0.00158. The van der Waals surface area contributed by atoms with Crippen LogP contribution in [-0.2, 0) is 0 Å². The van der Waals surface area contributed by atoms with E-state index in [2.05, 4.69) is 4.98 Å². The molecule has 0 atom stereocenters. The second-order valence-corrected chi connectivity index (χ2v) is 15.7. The standard InChI is InChI=1S/C32H6Cl12N8/c33-9-5-8-10(16(35)15(9)34)32-51-30-14-13(19(38)23(42)24(43)20(14)39)29(49-30)48-28-12-11(17(36)21(40)22(41)18(12)37)27(47-28)46-25-6-3-1-2-4-7(6)26(45-25)50-31(8)52(32)44/h1-5H,(H,45,46,47,48,49,50,51). The largest absolute Gasteiger partial charge is 0.324 e. The van der Waals surface area contributed by atoms with E-state index in [4.69, 9.17) is 169 Å². The first-order chi connectivity index (χ1) is 24.8. The van der Waals surface area contributed by atoms with Gasteiger partial charge in [-0.3, -0.25) is 0 Å². The number of hydrogen-bond acceptors (Lipinski definition) is 6. The van der Waals surface area contributed by atoms with Crippen molar-refractivity contribution in [3.8, 4) is 45.6 Å². The third kappa shape index (κ3) is 4.97. The molecule has 0 aliphatic carbocycles. The Kier molecular flexibility index (Phi) is 8.60. The van der Waals surface area contributed by atoms with Crippen LogP contribution in [0.3, 0.4) is 0 Å². The average molecular weight is 928 g/mol. The number of halogens is 12. The van der Waals surface area contributed by atoms with Gasteiger partial charge in [0.1, 0.15) is 11.3 Å². The molecule has 9 rings (SSSR count). The van der Waals surface area contributed by atoms with E-state index in [9.17, 15) is 0 Å². The maximum Gasteiger partial charge on any atom is 0.166 e. The van der Waals surface area contributed by atoms with Gasteiger partial charge in [-0.25, -0.2) is 34.0 Å². The highest BCUT2D eigenvalue weighted by molar-refractivity contribution is 6.57. The van der Waals surface area contributed by atoms with Crippen molar-refractivity contribution in [1.82, 2.24) is 39.0 Å². The summed E-state index contributed by atoms with van der Waals surface area (Å²) in [6.45, 7) is 0. The van der Waals surface area contributed by atoms with E-state index in [-0.39, 0.29) is 118 Å². The molecular weight excluding hydrogens is 922 g/mol. The molecule has 5 heterocycles. The summed E-state index contributed by atoms with van der Waals surface area (Å²) in [5, 5.41) is 1.43. The Morgan fingerprint density at radius 1 is 0.442 bits per heavy atom. The number of aromatic amines is 1. The zero-order chi connectivity index (χ0) is 36.7. The SMILES string of the molecule is Clc1cc2c(c(Cl)c1Cl)c1nc3nc(nc4[nH]c(nc5nc(nc2n1Cl)-c1ccccc1-5)c1c(Cl)c(Cl)c(Cl)c(Cl)c41)-c1c(Cl)c(Cl)c(Cl)c(Cl)c1-3. The molecule has 0 saturated heterocycles. The fourth-order valence-electron chi connectivity index (χ4n) is 6.08.